The molecular formula is C17H16ClF3N2O. The van der Waals surface area contributed by atoms with E-state index in [1.54, 1.807) is 24.9 Å². The molecule has 2 aromatic carbocycles. The Morgan fingerprint density at radius 2 is 1.92 bits per heavy atom. The van der Waals surface area contributed by atoms with Gasteiger partial charge in [-0.1, -0.05) is 17.7 Å². The number of hydrogen-bond acceptors (Lipinski definition) is 2. The molecule has 24 heavy (non-hydrogen) atoms. The third kappa shape index (κ3) is 4.27. The van der Waals surface area contributed by atoms with Crippen molar-refractivity contribution in [2.45, 2.75) is 19.5 Å². The maximum Gasteiger partial charge on any atom is 0.241 e. The van der Waals surface area contributed by atoms with Crippen LogP contribution in [0, 0.1) is 17.5 Å². The Balaban J connectivity index is 2.07. The lowest BCUT2D eigenvalue weighted by molar-refractivity contribution is -0.120. The van der Waals surface area contributed by atoms with Crippen molar-refractivity contribution in [1.82, 2.24) is 4.90 Å². The van der Waals surface area contributed by atoms with Crippen LogP contribution in [0.5, 0.6) is 0 Å². The molecule has 1 N–H and O–H groups in total. The van der Waals surface area contributed by atoms with Crippen LogP contribution in [0.15, 0.2) is 36.4 Å². The molecule has 0 aliphatic rings. The zero-order valence-electron chi connectivity index (χ0n) is 13.1. The van der Waals surface area contributed by atoms with Crippen molar-refractivity contribution >= 4 is 23.2 Å². The highest BCUT2D eigenvalue weighted by atomic mass is 35.5. The summed E-state index contributed by atoms with van der Waals surface area (Å²) < 4.78 is 40.3. The summed E-state index contributed by atoms with van der Waals surface area (Å²) in [4.78, 5) is 13.8. The number of carbonyl (C=O) groups excluding carboxylic acids is 1. The minimum atomic E-state index is -0.865. The Morgan fingerprint density at radius 3 is 2.54 bits per heavy atom. The molecule has 3 nitrogen and oxygen atoms in total. The molecule has 128 valence electrons. The molecule has 1 unspecified atom stereocenters. The van der Waals surface area contributed by atoms with E-state index in [0.717, 1.165) is 12.1 Å². The predicted octanol–water partition coefficient (Wildman–Crippen LogP) is 4.22. The number of anilines is 1. The molecule has 2 rings (SSSR count). The summed E-state index contributed by atoms with van der Waals surface area (Å²) in [6, 6.07) is 6.53. The van der Waals surface area contributed by atoms with Crippen LogP contribution < -0.4 is 5.32 Å². The van der Waals surface area contributed by atoms with Crippen molar-refractivity contribution in [3.8, 4) is 0 Å². The summed E-state index contributed by atoms with van der Waals surface area (Å²) in [5, 5.41) is 2.65. The highest BCUT2D eigenvalue weighted by Gasteiger charge is 2.21. The van der Waals surface area contributed by atoms with Gasteiger partial charge in [0, 0.05) is 23.2 Å². The number of rotatable bonds is 5. The fourth-order valence-electron chi connectivity index (χ4n) is 2.10. The van der Waals surface area contributed by atoms with Gasteiger partial charge in [0.2, 0.25) is 5.91 Å². The second-order valence-electron chi connectivity index (χ2n) is 5.40. The molecule has 2 aromatic rings. The average molecular weight is 357 g/mol. The zero-order chi connectivity index (χ0) is 17.9. The number of amides is 1. The molecule has 0 aliphatic carbocycles. The zero-order valence-corrected chi connectivity index (χ0v) is 13.9. The monoisotopic (exact) mass is 356 g/mol. The summed E-state index contributed by atoms with van der Waals surface area (Å²) in [7, 11) is 1.62. The van der Waals surface area contributed by atoms with Crippen molar-refractivity contribution in [2.24, 2.45) is 0 Å². The predicted molar refractivity (Wildman–Crippen MR) is 87.3 cm³/mol. The molecule has 0 saturated heterocycles. The van der Waals surface area contributed by atoms with Gasteiger partial charge in [-0.15, -0.1) is 0 Å². The summed E-state index contributed by atoms with van der Waals surface area (Å²) >= 11 is 5.97. The molecule has 0 heterocycles. The first kappa shape index (κ1) is 18.3. The number of hydrogen-bond donors (Lipinski definition) is 1. The molecule has 7 heteroatoms. The summed E-state index contributed by atoms with van der Waals surface area (Å²) in [5.41, 5.74) is 0.153. The van der Waals surface area contributed by atoms with E-state index in [4.69, 9.17) is 11.6 Å². The molecule has 0 fully saturated rings. The standard InChI is InChI=1S/C17H16ClF3N2O/c1-10(17(24)22-16-7-6-11(19)8-15(16)21)23(2)9-12-13(18)4-3-5-14(12)20/h3-8,10H,9H2,1-2H3,(H,22,24). The Bertz CT molecular complexity index is 734. The Kier molecular flexibility index (Phi) is 5.85. The second kappa shape index (κ2) is 7.68. The van der Waals surface area contributed by atoms with Crippen molar-refractivity contribution in [3.63, 3.8) is 0 Å². The minimum Gasteiger partial charge on any atom is -0.322 e. The van der Waals surface area contributed by atoms with Crippen LogP contribution in [0.1, 0.15) is 12.5 Å². The molecule has 0 aliphatic heterocycles. The van der Waals surface area contributed by atoms with Crippen molar-refractivity contribution in [3.05, 3.63) is 64.4 Å². The number of nitrogens with one attached hydrogen (secondary N) is 1. The molecule has 0 radical (unpaired) electrons. The van der Waals surface area contributed by atoms with Crippen LogP contribution in [-0.2, 0) is 11.3 Å². The van der Waals surface area contributed by atoms with Gasteiger partial charge in [0.15, 0.2) is 0 Å². The number of benzene rings is 2. The molecule has 1 amide bonds. The minimum absolute atomic E-state index is 0.103. The summed E-state index contributed by atoms with van der Waals surface area (Å²) in [6.07, 6.45) is 0. The van der Waals surface area contributed by atoms with E-state index in [-0.39, 0.29) is 22.8 Å². The molecule has 0 aromatic heterocycles. The van der Waals surface area contributed by atoms with Gasteiger partial charge in [0.05, 0.1) is 11.7 Å². The number of nitrogens with zero attached hydrogens (tertiary/aromatic N) is 1. The van der Waals surface area contributed by atoms with Gasteiger partial charge in [0.25, 0.3) is 0 Å². The van der Waals surface area contributed by atoms with E-state index in [1.165, 1.54) is 12.1 Å². The first-order valence-electron chi connectivity index (χ1n) is 7.18. The van der Waals surface area contributed by atoms with Crippen LogP contribution in [0.4, 0.5) is 18.9 Å². The lowest BCUT2D eigenvalue weighted by Gasteiger charge is -2.24. The molecule has 0 saturated carbocycles. The van der Waals surface area contributed by atoms with E-state index in [1.807, 2.05) is 0 Å². The van der Waals surface area contributed by atoms with Crippen LogP contribution in [0.25, 0.3) is 0 Å². The van der Waals surface area contributed by atoms with Crippen LogP contribution in [0.3, 0.4) is 0 Å². The number of carbonyl (C=O) groups is 1. The normalized spacial score (nSPS) is 12.3. The van der Waals surface area contributed by atoms with Gasteiger partial charge in [-0.3, -0.25) is 9.69 Å². The average Bonchev–Trinajstić information content (AvgIpc) is 2.52. The van der Waals surface area contributed by atoms with Gasteiger partial charge in [0.1, 0.15) is 17.5 Å². The lowest BCUT2D eigenvalue weighted by atomic mass is 10.1. The maximum atomic E-state index is 13.8. The van der Waals surface area contributed by atoms with Crippen molar-refractivity contribution < 1.29 is 18.0 Å². The fraction of sp³-hybridized carbons (Fsp3) is 0.235. The van der Waals surface area contributed by atoms with Gasteiger partial charge in [-0.25, -0.2) is 13.2 Å². The first-order valence-corrected chi connectivity index (χ1v) is 7.56. The topological polar surface area (TPSA) is 32.3 Å². The Morgan fingerprint density at radius 1 is 1.21 bits per heavy atom. The summed E-state index contributed by atoms with van der Waals surface area (Å²) in [5.74, 6) is -2.57. The van der Waals surface area contributed by atoms with Crippen LogP contribution in [-0.4, -0.2) is 23.9 Å². The van der Waals surface area contributed by atoms with E-state index in [0.29, 0.717) is 6.07 Å². The molecule has 0 spiro atoms. The van der Waals surface area contributed by atoms with E-state index >= 15 is 0 Å². The van der Waals surface area contributed by atoms with Gasteiger partial charge >= 0.3 is 0 Å². The quantitative estimate of drug-likeness (QED) is 0.870. The molecule has 1 atom stereocenters. The van der Waals surface area contributed by atoms with Gasteiger partial charge in [-0.2, -0.15) is 0 Å². The number of likely N-dealkylation sites (N-methyl/N-ethyl adjacent to an activating group) is 1. The Hall–Kier alpha value is -2.05. The lowest BCUT2D eigenvalue weighted by Crippen LogP contribution is -2.39. The fourth-order valence-corrected chi connectivity index (χ4v) is 2.32. The maximum absolute atomic E-state index is 13.8. The summed E-state index contributed by atoms with van der Waals surface area (Å²) in [6.45, 7) is 1.69. The second-order valence-corrected chi connectivity index (χ2v) is 5.81. The molecule has 0 bridgehead atoms. The highest BCUT2D eigenvalue weighted by Crippen LogP contribution is 2.21. The Labute approximate surface area is 143 Å². The van der Waals surface area contributed by atoms with E-state index in [2.05, 4.69) is 5.32 Å². The third-order valence-corrected chi connectivity index (χ3v) is 4.05. The largest absolute Gasteiger partial charge is 0.322 e. The SMILES string of the molecule is CC(C(=O)Nc1ccc(F)cc1F)N(C)Cc1c(F)cccc1Cl. The highest BCUT2D eigenvalue weighted by molar-refractivity contribution is 6.31. The van der Waals surface area contributed by atoms with Gasteiger partial charge < -0.3 is 5.32 Å². The van der Waals surface area contributed by atoms with Crippen LogP contribution >= 0.6 is 11.6 Å². The van der Waals surface area contributed by atoms with Crippen molar-refractivity contribution in [2.75, 3.05) is 12.4 Å². The third-order valence-electron chi connectivity index (χ3n) is 3.70. The van der Waals surface area contributed by atoms with E-state index < -0.39 is 29.4 Å². The number of halogens is 4. The van der Waals surface area contributed by atoms with Gasteiger partial charge in [-0.05, 0) is 38.2 Å². The van der Waals surface area contributed by atoms with E-state index in [9.17, 15) is 18.0 Å². The van der Waals surface area contributed by atoms with Crippen LogP contribution in [0.2, 0.25) is 5.02 Å². The first-order chi connectivity index (χ1) is 11.3. The molecular weight excluding hydrogens is 341 g/mol. The van der Waals surface area contributed by atoms with Crippen molar-refractivity contribution in [1.29, 1.82) is 0 Å². The smallest absolute Gasteiger partial charge is 0.241 e.